The molecular formula is C98H129BrClF2N7O9. The maximum atomic E-state index is 13.2. The van der Waals surface area contributed by atoms with Gasteiger partial charge in [-0.25, -0.2) is 8.78 Å². The molecule has 7 atom stereocenters. The Hall–Kier alpha value is -7.82. The number of carbonyl (C=O) groups is 7. The number of methoxy groups -OCH3 is 1. The minimum absolute atomic E-state index is 0.173. The van der Waals surface area contributed by atoms with Crippen molar-refractivity contribution in [3.8, 4) is 11.5 Å². The van der Waals surface area contributed by atoms with Crippen molar-refractivity contribution in [1.29, 1.82) is 0 Å². The van der Waals surface area contributed by atoms with E-state index < -0.39 is 38.8 Å². The Bertz CT molecular complexity index is 4280. The van der Waals surface area contributed by atoms with E-state index in [1.165, 1.54) is 29.8 Å². The first-order chi connectivity index (χ1) is 56.9. The van der Waals surface area contributed by atoms with Crippen molar-refractivity contribution >= 4 is 68.0 Å². The summed E-state index contributed by atoms with van der Waals surface area (Å²) >= 11 is 9.76. The average Bonchev–Trinajstić information content (AvgIpc) is 0.730. The van der Waals surface area contributed by atoms with Crippen molar-refractivity contribution < 1.29 is 52.2 Å². The number of phenolic OH excluding ortho intramolecular Hbond substituents is 1. The molecule has 14 rings (SSSR count). The van der Waals surface area contributed by atoms with Crippen LogP contribution in [-0.4, -0.2) is 101 Å². The average molecular weight is 1700 g/mol. The van der Waals surface area contributed by atoms with Gasteiger partial charge in [-0.3, -0.25) is 33.6 Å². The van der Waals surface area contributed by atoms with Crippen LogP contribution in [0.5, 0.6) is 11.5 Å². The summed E-state index contributed by atoms with van der Waals surface area (Å²) in [7, 11) is 10.8. The van der Waals surface area contributed by atoms with Crippen molar-refractivity contribution in [3.05, 3.63) is 235 Å². The Kier molecular flexibility index (Phi) is 37.5. The number of hydrogen-bond donors (Lipinski definition) is 8. The van der Waals surface area contributed by atoms with Crippen LogP contribution in [0.25, 0.3) is 0 Å². The fourth-order valence-corrected chi connectivity index (χ4v) is 19.0. The van der Waals surface area contributed by atoms with Crippen LogP contribution >= 0.6 is 27.5 Å². The van der Waals surface area contributed by atoms with Crippen LogP contribution in [0.1, 0.15) is 258 Å². The summed E-state index contributed by atoms with van der Waals surface area (Å²) in [6, 6.07) is 51.6. The number of aryl methyl sites for hydroxylation is 1. The van der Waals surface area contributed by atoms with Crippen LogP contribution in [0, 0.1) is 11.6 Å². The zero-order chi connectivity index (χ0) is 85.4. The van der Waals surface area contributed by atoms with Gasteiger partial charge in [-0.05, 0) is 269 Å². The van der Waals surface area contributed by atoms with Crippen molar-refractivity contribution in [2.75, 3.05) is 55.4 Å². The highest BCUT2D eigenvalue weighted by atomic mass is 79.9. The molecule has 20 heteroatoms. The van der Waals surface area contributed by atoms with Crippen molar-refractivity contribution in [2.24, 2.45) is 0 Å². The number of phenols is 1. The second-order valence-electron chi connectivity index (χ2n) is 32.2. The van der Waals surface area contributed by atoms with Crippen LogP contribution in [0.3, 0.4) is 0 Å². The van der Waals surface area contributed by atoms with Gasteiger partial charge < -0.3 is 47.1 Å². The molecule has 0 amide bonds. The molecule has 0 radical (unpaired) electrons. The van der Waals surface area contributed by atoms with Gasteiger partial charge in [0.25, 0.3) is 0 Å². The lowest BCUT2D eigenvalue weighted by molar-refractivity contribution is -0.128. The molecular weight excluding hydrogens is 1570 g/mol. The Balaban J connectivity index is 0.000000172. The highest BCUT2D eigenvalue weighted by molar-refractivity contribution is 9.10. The largest absolute Gasteiger partial charge is 0.508 e. The van der Waals surface area contributed by atoms with E-state index in [2.05, 4.69) is 98.2 Å². The van der Waals surface area contributed by atoms with Gasteiger partial charge >= 0.3 is 0 Å². The molecule has 7 fully saturated rings. The van der Waals surface area contributed by atoms with Gasteiger partial charge in [0.1, 0.15) is 61.9 Å². The number of Topliss-reactive ketones (excluding diaryl/α,β-unsaturated/α-hetero) is 7. The van der Waals surface area contributed by atoms with Crippen molar-refractivity contribution in [1.82, 2.24) is 37.2 Å². The predicted octanol–water partition coefficient (Wildman–Crippen LogP) is 19.2. The minimum atomic E-state index is -0.666. The number of carbonyl (C=O) groups excluding carboxylic acids is 7. The van der Waals surface area contributed by atoms with E-state index in [1.54, 1.807) is 51.5 Å². The first-order valence-electron chi connectivity index (χ1n) is 43.2. The van der Waals surface area contributed by atoms with Gasteiger partial charge in [0.15, 0.2) is 40.5 Å². The third-order valence-electron chi connectivity index (χ3n) is 25.3. The molecule has 0 spiro atoms. The SMILES string of the molecule is CCCN[C@]1(c2cccc(OC)c2)CCCCC1=O.CCCN[C@]1(c2ccccc2Cl)CCCCC1=O.CCc1cccc([C@@]2(NC)CCCCC2=O)c1.CN[C@]1(c2ccc(F)cc2)CCCCC1=O.CN[C@]1(c2ccc(O)cc2)CCCCC1=O.CN[C@]1(c2cccc(Br)c2)CCCCC1=O.CN[C@]1(c2cccc(F)c2)CCCCC1=O. The summed E-state index contributed by atoms with van der Waals surface area (Å²) in [4.78, 5) is 85.7. The second-order valence-corrected chi connectivity index (χ2v) is 33.5. The van der Waals surface area contributed by atoms with Gasteiger partial charge in [-0.2, -0.15) is 0 Å². The first-order valence-corrected chi connectivity index (χ1v) is 44.3. The van der Waals surface area contributed by atoms with Crippen LogP contribution in [-0.2, 0) is 78.8 Å². The molecule has 16 nitrogen and oxygen atoms in total. The zero-order valence-electron chi connectivity index (χ0n) is 71.2. The molecule has 0 aromatic heterocycles. The summed E-state index contributed by atoms with van der Waals surface area (Å²) in [6.07, 6.45) is 28.0. The Morgan fingerprint density at radius 1 is 0.364 bits per heavy atom. The van der Waals surface area contributed by atoms with Gasteiger partial charge in [-0.1, -0.05) is 196 Å². The summed E-state index contributed by atoms with van der Waals surface area (Å²) in [5.74, 6) is 2.41. The van der Waals surface area contributed by atoms with E-state index in [0.29, 0.717) is 67.3 Å². The number of rotatable bonds is 20. The zero-order valence-corrected chi connectivity index (χ0v) is 73.6. The Morgan fingerprint density at radius 3 is 1.08 bits per heavy atom. The topological polar surface area (TPSA) is 233 Å². The maximum Gasteiger partial charge on any atom is 0.157 e. The number of nitrogens with one attached hydrogen (secondary N) is 7. The molecule has 0 saturated heterocycles. The third kappa shape index (κ3) is 23.1. The lowest BCUT2D eigenvalue weighted by Gasteiger charge is -2.37. The molecule has 7 aliphatic rings. The van der Waals surface area contributed by atoms with Crippen molar-refractivity contribution in [3.63, 3.8) is 0 Å². The fraction of sp³-hybridized carbons (Fsp3) is 0.500. The number of ether oxygens (including phenoxy) is 1. The minimum Gasteiger partial charge on any atom is -0.508 e. The molecule has 8 N–H and O–H groups in total. The lowest BCUT2D eigenvalue weighted by atomic mass is 9.75. The number of halogens is 4. The molecule has 0 aliphatic heterocycles. The first kappa shape index (κ1) is 95.6. The number of hydrogen-bond acceptors (Lipinski definition) is 16. The van der Waals surface area contributed by atoms with Crippen LogP contribution in [0.4, 0.5) is 8.78 Å². The Morgan fingerprint density at radius 2 is 0.703 bits per heavy atom. The number of aromatic hydroxyl groups is 1. The number of benzene rings is 7. The van der Waals surface area contributed by atoms with E-state index in [1.807, 2.05) is 112 Å². The normalized spacial score (nSPS) is 25.0. The van der Waals surface area contributed by atoms with E-state index >= 15 is 0 Å². The van der Waals surface area contributed by atoms with E-state index in [4.69, 9.17) is 16.3 Å². The number of likely N-dealkylation sites (N-methyl/N-ethyl adjacent to an activating group) is 5. The van der Waals surface area contributed by atoms with E-state index in [0.717, 1.165) is 216 Å². The molecule has 0 unspecified atom stereocenters. The molecule has 638 valence electrons. The highest BCUT2D eigenvalue weighted by Crippen LogP contribution is 2.43. The molecule has 7 aromatic rings. The van der Waals surface area contributed by atoms with Gasteiger partial charge in [0, 0.05) is 54.4 Å². The molecule has 0 heterocycles. The molecule has 7 aliphatic carbocycles. The molecule has 7 aromatic carbocycles. The monoisotopic (exact) mass is 1700 g/mol. The fourth-order valence-electron chi connectivity index (χ4n) is 18.3. The number of ketones is 7. The maximum absolute atomic E-state index is 13.2. The summed E-state index contributed by atoms with van der Waals surface area (Å²) in [5, 5.41) is 32.8. The smallest absolute Gasteiger partial charge is 0.157 e. The van der Waals surface area contributed by atoms with Crippen LogP contribution in [0.15, 0.2) is 174 Å². The van der Waals surface area contributed by atoms with Crippen molar-refractivity contribution in [2.45, 2.75) is 259 Å². The Labute approximate surface area is 714 Å². The lowest BCUT2D eigenvalue weighted by Crippen LogP contribution is -2.51. The van der Waals surface area contributed by atoms with Crippen LogP contribution in [0.2, 0.25) is 5.02 Å². The van der Waals surface area contributed by atoms with Crippen LogP contribution < -0.4 is 42.0 Å². The standard InChI is InChI=1S/C16H23NO2.C15H20ClNO.C15H21NO.C13H16BrNO.2C13H16FNO.C13H17NO2/c1-3-11-17-16(10-5-4-9-15(16)18)13-7-6-8-14(12-13)19-2;1-2-11-17-15(10-6-5-9-14(15)18)12-7-3-4-8-13(12)16;1-3-12-7-6-8-13(11-12)15(16-2)10-5-4-9-14(15)17;2*1-15-13(8-3-2-7-12(13)16)10-5-4-6-11(14)9-10;1-15-13(9-3-2-4-12(13)16)10-5-7-11(14)8-6-10;1-14-13(9-3-2-4-12(13)16)10-5-7-11(15)8-6-10/h6-8,12,17H,3-5,9-11H2,1-2H3;3-4,7-8,17H,2,5-6,9-11H2,1H3;6-8,11,16H,3-5,9-10H2,1-2H3;2*4-6,9,15H,2-3,7-8H2,1H3;5-8,15H,2-4,9H2,1H3;5-8,14-15H,2-4,9H2,1H3/t16-;2*15-;4*13-/m0000000/s1. The predicted molar refractivity (Wildman–Crippen MR) is 473 cm³/mol. The summed E-state index contributed by atoms with van der Waals surface area (Å²) < 4.78 is 32.4. The molecule has 118 heavy (non-hydrogen) atoms. The second kappa shape index (κ2) is 46.3. The highest BCUT2D eigenvalue weighted by Gasteiger charge is 2.47. The summed E-state index contributed by atoms with van der Waals surface area (Å²) in [6.45, 7) is 8.09. The summed E-state index contributed by atoms with van der Waals surface area (Å²) in [5.41, 5.74) is 4.38. The molecule has 7 saturated carbocycles. The third-order valence-corrected chi connectivity index (χ3v) is 26.1. The van der Waals surface area contributed by atoms with E-state index in [9.17, 15) is 47.4 Å². The van der Waals surface area contributed by atoms with Gasteiger partial charge in [0.2, 0.25) is 0 Å². The molecule has 0 bridgehead atoms. The van der Waals surface area contributed by atoms with Gasteiger partial charge in [0.05, 0.1) is 7.11 Å². The quantitative estimate of drug-likeness (QED) is 0.0354. The van der Waals surface area contributed by atoms with E-state index in [-0.39, 0.29) is 40.5 Å². The van der Waals surface area contributed by atoms with Gasteiger partial charge in [-0.15, -0.1) is 0 Å².